The van der Waals surface area contributed by atoms with E-state index in [1.807, 2.05) is 13.8 Å². The van der Waals surface area contributed by atoms with E-state index in [0.29, 0.717) is 5.92 Å². The summed E-state index contributed by atoms with van der Waals surface area (Å²) in [4.78, 5) is 11.4. The number of amides is 1. The van der Waals surface area contributed by atoms with Gasteiger partial charge in [-0.25, -0.2) is 0 Å². The van der Waals surface area contributed by atoms with Gasteiger partial charge in [-0.1, -0.05) is 15.9 Å². The Morgan fingerprint density at radius 2 is 2.36 bits per heavy atom. The molecule has 82 valence electrons. The summed E-state index contributed by atoms with van der Waals surface area (Å²) in [7, 11) is 0. The van der Waals surface area contributed by atoms with Crippen molar-refractivity contribution in [2.45, 2.75) is 31.0 Å². The SMILES string of the molecule is CC(C)(Br)C(=O)NCCC1CCOC1. The summed E-state index contributed by atoms with van der Waals surface area (Å²) in [5, 5.41) is 2.91. The van der Waals surface area contributed by atoms with E-state index < -0.39 is 4.32 Å². The Labute approximate surface area is 93.7 Å². The number of hydrogen-bond donors (Lipinski definition) is 1. The smallest absolute Gasteiger partial charge is 0.236 e. The summed E-state index contributed by atoms with van der Waals surface area (Å²) in [5.41, 5.74) is 0. The summed E-state index contributed by atoms with van der Waals surface area (Å²) in [6, 6.07) is 0. The van der Waals surface area contributed by atoms with Gasteiger partial charge in [0.1, 0.15) is 0 Å². The zero-order valence-electron chi connectivity index (χ0n) is 8.81. The largest absolute Gasteiger partial charge is 0.381 e. The highest BCUT2D eigenvalue weighted by atomic mass is 79.9. The molecule has 14 heavy (non-hydrogen) atoms. The van der Waals surface area contributed by atoms with Crippen molar-refractivity contribution in [3.63, 3.8) is 0 Å². The summed E-state index contributed by atoms with van der Waals surface area (Å²) in [6.07, 6.45) is 2.16. The maximum absolute atomic E-state index is 11.4. The molecule has 0 radical (unpaired) electrons. The molecule has 0 spiro atoms. The van der Waals surface area contributed by atoms with Crippen LogP contribution in [0.4, 0.5) is 0 Å². The van der Waals surface area contributed by atoms with Crippen molar-refractivity contribution in [3.05, 3.63) is 0 Å². The molecule has 1 N–H and O–H groups in total. The van der Waals surface area contributed by atoms with Crippen molar-refractivity contribution in [1.82, 2.24) is 5.32 Å². The Bertz CT molecular complexity index is 195. The monoisotopic (exact) mass is 263 g/mol. The number of carbonyl (C=O) groups is 1. The molecule has 0 aromatic carbocycles. The van der Waals surface area contributed by atoms with Crippen LogP contribution in [-0.2, 0) is 9.53 Å². The molecular weight excluding hydrogens is 246 g/mol. The normalized spacial score (nSPS) is 22.4. The maximum atomic E-state index is 11.4. The fraction of sp³-hybridized carbons (Fsp3) is 0.900. The average molecular weight is 264 g/mol. The summed E-state index contributed by atoms with van der Waals surface area (Å²) >= 11 is 3.32. The van der Waals surface area contributed by atoms with Gasteiger partial charge in [0.05, 0.1) is 4.32 Å². The minimum absolute atomic E-state index is 0.0522. The molecule has 0 saturated carbocycles. The molecule has 1 aliphatic heterocycles. The minimum atomic E-state index is -0.459. The highest BCUT2D eigenvalue weighted by Crippen LogP contribution is 2.17. The van der Waals surface area contributed by atoms with E-state index in [9.17, 15) is 4.79 Å². The maximum Gasteiger partial charge on any atom is 0.236 e. The molecular formula is C10H18BrNO2. The van der Waals surface area contributed by atoms with Crippen LogP contribution in [0.3, 0.4) is 0 Å². The molecule has 1 saturated heterocycles. The third-order valence-electron chi connectivity index (χ3n) is 2.40. The Hall–Kier alpha value is -0.0900. The van der Waals surface area contributed by atoms with E-state index in [1.54, 1.807) is 0 Å². The number of nitrogens with one attached hydrogen (secondary N) is 1. The van der Waals surface area contributed by atoms with Crippen LogP contribution < -0.4 is 5.32 Å². The predicted octanol–water partition coefficient (Wildman–Crippen LogP) is 1.70. The molecule has 0 aliphatic carbocycles. The standard InChI is InChI=1S/C10H18BrNO2/c1-10(2,11)9(13)12-5-3-8-4-6-14-7-8/h8H,3-7H2,1-2H3,(H,12,13). The second-order valence-corrected chi connectivity index (χ2v) is 6.23. The molecule has 0 bridgehead atoms. The van der Waals surface area contributed by atoms with Crippen LogP contribution in [0.1, 0.15) is 26.7 Å². The summed E-state index contributed by atoms with van der Waals surface area (Å²) in [5.74, 6) is 0.685. The molecule has 3 nitrogen and oxygen atoms in total. The Morgan fingerprint density at radius 3 is 2.86 bits per heavy atom. The van der Waals surface area contributed by atoms with Gasteiger partial charge in [-0.3, -0.25) is 4.79 Å². The lowest BCUT2D eigenvalue weighted by Crippen LogP contribution is -2.38. The van der Waals surface area contributed by atoms with Crippen LogP contribution >= 0.6 is 15.9 Å². The van der Waals surface area contributed by atoms with E-state index >= 15 is 0 Å². The molecule has 0 aromatic rings. The number of alkyl halides is 1. The highest BCUT2D eigenvalue weighted by Gasteiger charge is 2.23. The lowest BCUT2D eigenvalue weighted by atomic mass is 10.1. The number of halogens is 1. The summed E-state index contributed by atoms with van der Waals surface area (Å²) < 4.78 is 4.80. The topological polar surface area (TPSA) is 38.3 Å². The van der Waals surface area contributed by atoms with Gasteiger partial charge in [-0.05, 0) is 32.6 Å². The van der Waals surface area contributed by atoms with Gasteiger partial charge in [0.15, 0.2) is 0 Å². The molecule has 1 fully saturated rings. The van der Waals surface area contributed by atoms with E-state index in [2.05, 4.69) is 21.2 Å². The molecule has 1 heterocycles. The second kappa shape index (κ2) is 5.12. The van der Waals surface area contributed by atoms with Gasteiger partial charge >= 0.3 is 0 Å². The van der Waals surface area contributed by atoms with Crippen molar-refractivity contribution in [1.29, 1.82) is 0 Å². The summed E-state index contributed by atoms with van der Waals surface area (Å²) in [6.45, 7) is 6.18. The molecule has 1 rings (SSSR count). The zero-order valence-corrected chi connectivity index (χ0v) is 10.4. The minimum Gasteiger partial charge on any atom is -0.381 e. The van der Waals surface area contributed by atoms with Crippen LogP contribution in [0.25, 0.3) is 0 Å². The van der Waals surface area contributed by atoms with Crippen LogP contribution in [0.15, 0.2) is 0 Å². The third-order valence-corrected chi connectivity index (χ3v) is 2.76. The lowest BCUT2D eigenvalue weighted by Gasteiger charge is -2.16. The predicted molar refractivity (Wildman–Crippen MR) is 59.6 cm³/mol. The number of hydrogen-bond acceptors (Lipinski definition) is 2. The van der Waals surface area contributed by atoms with Crippen LogP contribution in [0.5, 0.6) is 0 Å². The van der Waals surface area contributed by atoms with E-state index in [4.69, 9.17) is 4.74 Å². The molecule has 1 amide bonds. The Balaban J connectivity index is 2.11. The van der Waals surface area contributed by atoms with Crippen LogP contribution in [0.2, 0.25) is 0 Å². The van der Waals surface area contributed by atoms with Crippen molar-refractivity contribution < 1.29 is 9.53 Å². The van der Waals surface area contributed by atoms with E-state index in [-0.39, 0.29) is 5.91 Å². The fourth-order valence-electron chi connectivity index (χ4n) is 1.41. The van der Waals surface area contributed by atoms with E-state index in [1.165, 1.54) is 0 Å². The quantitative estimate of drug-likeness (QED) is 0.785. The molecule has 1 aliphatic rings. The average Bonchev–Trinajstić information content (AvgIpc) is 2.55. The number of rotatable bonds is 4. The molecule has 0 aromatic heterocycles. The second-order valence-electron chi connectivity index (χ2n) is 4.25. The van der Waals surface area contributed by atoms with Gasteiger partial charge in [0.2, 0.25) is 5.91 Å². The Morgan fingerprint density at radius 1 is 1.64 bits per heavy atom. The first-order valence-corrected chi connectivity index (χ1v) is 5.84. The molecule has 4 heteroatoms. The molecule has 1 atom stereocenters. The molecule has 1 unspecified atom stereocenters. The van der Waals surface area contributed by atoms with Gasteiger partial charge in [0.25, 0.3) is 0 Å². The Kier molecular flexibility index (Phi) is 4.38. The fourth-order valence-corrected chi connectivity index (χ4v) is 1.55. The number of carbonyl (C=O) groups excluding carboxylic acids is 1. The van der Waals surface area contributed by atoms with Crippen LogP contribution in [0, 0.1) is 5.92 Å². The van der Waals surface area contributed by atoms with Crippen molar-refractivity contribution in [2.24, 2.45) is 5.92 Å². The van der Waals surface area contributed by atoms with Gasteiger partial charge in [-0.2, -0.15) is 0 Å². The first-order valence-electron chi connectivity index (χ1n) is 5.05. The van der Waals surface area contributed by atoms with Crippen molar-refractivity contribution in [2.75, 3.05) is 19.8 Å². The van der Waals surface area contributed by atoms with Crippen molar-refractivity contribution >= 4 is 21.8 Å². The third kappa shape index (κ3) is 3.96. The van der Waals surface area contributed by atoms with Gasteiger partial charge in [0, 0.05) is 19.8 Å². The highest BCUT2D eigenvalue weighted by molar-refractivity contribution is 9.10. The first-order chi connectivity index (χ1) is 6.50. The van der Waals surface area contributed by atoms with Gasteiger partial charge < -0.3 is 10.1 Å². The van der Waals surface area contributed by atoms with Crippen LogP contribution in [-0.4, -0.2) is 30.0 Å². The first kappa shape index (κ1) is 12.0. The van der Waals surface area contributed by atoms with E-state index in [0.717, 1.165) is 32.6 Å². The zero-order chi connectivity index (χ0) is 10.6. The van der Waals surface area contributed by atoms with Gasteiger partial charge in [-0.15, -0.1) is 0 Å². The number of ether oxygens (including phenoxy) is 1. The van der Waals surface area contributed by atoms with Crippen molar-refractivity contribution in [3.8, 4) is 0 Å². The lowest BCUT2D eigenvalue weighted by molar-refractivity contribution is -0.122.